The van der Waals surface area contributed by atoms with Gasteiger partial charge in [0, 0.05) is 7.11 Å². The molecule has 0 amide bonds. The number of ether oxygens (including phenoxy) is 3. The van der Waals surface area contributed by atoms with Crippen molar-refractivity contribution in [2.24, 2.45) is 5.41 Å². The van der Waals surface area contributed by atoms with Crippen molar-refractivity contribution in [3.63, 3.8) is 0 Å². The fourth-order valence-electron chi connectivity index (χ4n) is 1.10. The highest BCUT2D eigenvalue weighted by Gasteiger charge is 2.26. The molecule has 0 saturated carbocycles. The molecule has 0 aromatic rings. The summed E-state index contributed by atoms with van der Waals surface area (Å²) in [5.41, 5.74) is -0.404. The molecule has 102 valence electrons. The van der Waals surface area contributed by atoms with Crippen LogP contribution in [0.5, 0.6) is 0 Å². The van der Waals surface area contributed by atoms with Gasteiger partial charge >= 0.3 is 5.97 Å². The number of hydrogen-bond acceptors (Lipinski definition) is 4. The van der Waals surface area contributed by atoms with E-state index in [1.54, 1.807) is 7.11 Å². The highest BCUT2D eigenvalue weighted by atomic mass is 16.6. The summed E-state index contributed by atoms with van der Waals surface area (Å²) in [6.45, 7) is 9.06. The van der Waals surface area contributed by atoms with Gasteiger partial charge in [-0.25, -0.2) is 0 Å². The molecule has 0 radical (unpaired) electrons. The molecular weight excluding hydrogens is 220 g/mol. The van der Waals surface area contributed by atoms with Crippen LogP contribution in [0.15, 0.2) is 0 Å². The van der Waals surface area contributed by atoms with Gasteiger partial charge in [-0.2, -0.15) is 0 Å². The van der Waals surface area contributed by atoms with E-state index < -0.39 is 5.41 Å². The Morgan fingerprint density at radius 3 is 2.35 bits per heavy atom. The molecule has 0 saturated heterocycles. The van der Waals surface area contributed by atoms with E-state index in [1.165, 1.54) is 0 Å². The van der Waals surface area contributed by atoms with Crippen molar-refractivity contribution in [2.75, 3.05) is 26.9 Å². The third-order valence-electron chi connectivity index (χ3n) is 2.99. The van der Waals surface area contributed by atoms with Crippen LogP contribution in [0.3, 0.4) is 0 Å². The largest absolute Gasteiger partial charge is 0.463 e. The van der Waals surface area contributed by atoms with Crippen LogP contribution >= 0.6 is 0 Å². The van der Waals surface area contributed by atoms with Crippen molar-refractivity contribution in [1.29, 1.82) is 0 Å². The first-order valence-corrected chi connectivity index (χ1v) is 6.25. The molecule has 1 unspecified atom stereocenters. The molecule has 0 aromatic heterocycles. The summed E-state index contributed by atoms with van der Waals surface area (Å²) in [5, 5.41) is 0. The first-order valence-electron chi connectivity index (χ1n) is 6.25. The van der Waals surface area contributed by atoms with Crippen molar-refractivity contribution in [3.8, 4) is 0 Å². The Labute approximate surface area is 105 Å². The van der Waals surface area contributed by atoms with E-state index in [9.17, 15) is 4.79 Å². The molecule has 0 N–H and O–H groups in total. The number of methoxy groups -OCH3 is 1. The van der Waals surface area contributed by atoms with Crippen LogP contribution in [0.25, 0.3) is 0 Å². The Balaban J connectivity index is 3.62. The van der Waals surface area contributed by atoms with Crippen molar-refractivity contribution >= 4 is 5.97 Å². The fraction of sp³-hybridized carbons (Fsp3) is 0.923. The van der Waals surface area contributed by atoms with Gasteiger partial charge in [0.05, 0.1) is 24.7 Å². The maximum atomic E-state index is 11.6. The van der Waals surface area contributed by atoms with Gasteiger partial charge < -0.3 is 14.2 Å². The standard InChI is InChI=1S/C13H26O4/c1-6-11(15-5)10-16-8-9-17-12(14)13(3,4)7-2/h11H,6-10H2,1-5H3. The smallest absolute Gasteiger partial charge is 0.311 e. The summed E-state index contributed by atoms with van der Waals surface area (Å²) in [5.74, 6) is -0.164. The van der Waals surface area contributed by atoms with Crippen LogP contribution in [-0.2, 0) is 19.0 Å². The van der Waals surface area contributed by atoms with E-state index >= 15 is 0 Å². The average Bonchev–Trinajstić information content (AvgIpc) is 2.33. The van der Waals surface area contributed by atoms with E-state index in [1.807, 2.05) is 27.7 Å². The molecule has 0 aliphatic heterocycles. The minimum Gasteiger partial charge on any atom is -0.463 e. The van der Waals surface area contributed by atoms with Crippen LogP contribution < -0.4 is 0 Å². The van der Waals surface area contributed by atoms with Crippen molar-refractivity contribution in [3.05, 3.63) is 0 Å². The topological polar surface area (TPSA) is 44.8 Å². The summed E-state index contributed by atoms with van der Waals surface area (Å²) >= 11 is 0. The molecular formula is C13H26O4. The second-order valence-corrected chi connectivity index (χ2v) is 4.71. The summed E-state index contributed by atoms with van der Waals surface area (Å²) in [6, 6.07) is 0. The zero-order valence-electron chi connectivity index (χ0n) is 11.7. The number of hydrogen-bond donors (Lipinski definition) is 0. The first-order chi connectivity index (χ1) is 7.97. The fourth-order valence-corrected chi connectivity index (χ4v) is 1.10. The molecule has 0 heterocycles. The van der Waals surface area contributed by atoms with Crippen LogP contribution in [-0.4, -0.2) is 39.0 Å². The predicted octanol–water partition coefficient (Wildman–Crippen LogP) is 2.41. The Bertz CT molecular complexity index is 209. The summed E-state index contributed by atoms with van der Waals surface area (Å²) in [4.78, 5) is 11.6. The van der Waals surface area contributed by atoms with E-state index in [0.29, 0.717) is 19.8 Å². The molecule has 0 spiro atoms. The van der Waals surface area contributed by atoms with Gasteiger partial charge in [0.25, 0.3) is 0 Å². The monoisotopic (exact) mass is 246 g/mol. The number of carbonyl (C=O) groups is 1. The van der Waals surface area contributed by atoms with Crippen molar-refractivity contribution < 1.29 is 19.0 Å². The normalized spacial score (nSPS) is 13.5. The van der Waals surface area contributed by atoms with E-state index in [-0.39, 0.29) is 12.1 Å². The van der Waals surface area contributed by atoms with E-state index in [2.05, 4.69) is 0 Å². The van der Waals surface area contributed by atoms with Gasteiger partial charge in [-0.3, -0.25) is 4.79 Å². The Hall–Kier alpha value is -0.610. The first kappa shape index (κ1) is 16.4. The van der Waals surface area contributed by atoms with Crippen LogP contribution in [0.2, 0.25) is 0 Å². The van der Waals surface area contributed by atoms with E-state index in [4.69, 9.17) is 14.2 Å². The van der Waals surface area contributed by atoms with Gasteiger partial charge in [-0.05, 0) is 26.7 Å². The Morgan fingerprint density at radius 2 is 1.88 bits per heavy atom. The summed E-state index contributed by atoms with van der Waals surface area (Å²) in [7, 11) is 1.67. The maximum absolute atomic E-state index is 11.6. The molecule has 0 bridgehead atoms. The lowest BCUT2D eigenvalue weighted by Gasteiger charge is -2.20. The lowest BCUT2D eigenvalue weighted by Crippen LogP contribution is -2.27. The van der Waals surface area contributed by atoms with Gasteiger partial charge in [0.2, 0.25) is 0 Å². The highest BCUT2D eigenvalue weighted by Crippen LogP contribution is 2.21. The lowest BCUT2D eigenvalue weighted by atomic mass is 9.91. The molecule has 0 aliphatic rings. The van der Waals surface area contributed by atoms with Gasteiger partial charge in [0.15, 0.2) is 0 Å². The van der Waals surface area contributed by atoms with Crippen LogP contribution in [0, 0.1) is 5.41 Å². The molecule has 4 nitrogen and oxygen atoms in total. The van der Waals surface area contributed by atoms with Gasteiger partial charge in [-0.1, -0.05) is 13.8 Å². The lowest BCUT2D eigenvalue weighted by molar-refractivity contribution is -0.156. The highest BCUT2D eigenvalue weighted by molar-refractivity contribution is 5.75. The molecule has 4 heteroatoms. The zero-order valence-corrected chi connectivity index (χ0v) is 11.7. The number of esters is 1. The predicted molar refractivity (Wildman–Crippen MR) is 66.9 cm³/mol. The van der Waals surface area contributed by atoms with Crippen LogP contribution in [0.1, 0.15) is 40.5 Å². The molecule has 1 atom stereocenters. The summed E-state index contributed by atoms with van der Waals surface area (Å²) < 4.78 is 15.7. The third kappa shape index (κ3) is 6.64. The maximum Gasteiger partial charge on any atom is 0.311 e. The minimum absolute atomic E-state index is 0.123. The Morgan fingerprint density at radius 1 is 1.24 bits per heavy atom. The van der Waals surface area contributed by atoms with Gasteiger partial charge in [-0.15, -0.1) is 0 Å². The number of rotatable bonds is 9. The summed E-state index contributed by atoms with van der Waals surface area (Å²) in [6.07, 6.45) is 1.81. The van der Waals surface area contributed by atoms with E-state index in [0.717, 1.165) is 12.8 Å². The minimum atomic E-state index is -0.404. The molecule has 17 heavy (non-hydrogen) atoms. The SMILES string of the molecule is CCC(COCCOC(=O)C(C)(C)CC)OC. The second-order valence-electron chi connectivity index (χ2n) is 4.71. The molecule has 0 aliphatic carbocycles. The molecule has 0 aromatic carbocycles. The number of carbonyl (C=O) groups excluding carboxylic acids is 1. The molecule has 0 rings (SSSR count). The Kier molecular flexibility index (Phi) is 8.17. The average molecular weight is 246 g/mol. The van der Waals surface area contributed by atoms with Crippen molar-refractivity contribution in [1.82, 2.24) is 0 Å². The van der Waals surface area contributed by atoms with Crippen LogP contribution in [0.4, 0.5) is 0 Å². The quantitative estimate of drug-likeness (QED) is 0.463. The third-order valence-corrected chi connectivity index (χ3v) is 2.99. The zero-order chi connectivity index (χ0) is 13.3. The van der Waals surface area contributed by atoms with Crippen molar-refractivity contribution in [2.45, 2.75) is 46.6 Å². The molecule has 0 fully saturated rings. The second kappa shape index (κ2) is 8.48. The van der Waals surface area contributed by atoms with Gasteiger partial charge in [0.1, 0.15) is 6.61 Å².